The molecule has 1 atom stereocenters. The molecule has 12 heavy (non-hydrogen) atoms. The second kappa shape index (κ2) is 3.83. The van der Waals surface area contributed by atoms with Crippen molar-refractivity contribution in [3.8, 4) is 0 Å². The fourth-order valence-corrected chi connectivity index (χ4v) is 1.32. The van der Waals surface area contributed by atoms with Crippen LogP contribution in [-0.4, -0.2) is 21.2 Å². The van der Waals surface area contributed by atoms with Crippen molar-refractivity contribution < 1.29 is 14.4 Å². The summed E-state index contributed by atoms with van der Waals surface area (Å²) >= 11 is 0. The maximum absolute atomic E-state index is 10.7. The van der Waals surface area contributed by atoms with Crippen LogP contribution < -0.4 is 17.2 Å². The number of nitrogens with two attached hydrogens (primary N) is 3. The first kappa shape index (κ1) is 12.0. The average Bonchev–Trinajstić information content (AvgIpc) is 1.85. The zero-order valence-corrected chi connectivity index (χ0v) is 7.87. The molecule has 0 rings (SSSR count). The van der Waals surface area contributed by atoms with Gasteiger partial charge in [-0.1, -0.05) is 13.3 Å². The molecule has 0 amide bonds. The molecule has 8 N–H and O–H groups in total. The van der Waals surface area contributed by atoms with Crippen molar-refractivity contribution in [1.82, 2.24) is 0 Å². The Hall–Kier alpha value is 0.0300. The van der Waals surface area contributed by atoms with E-state index < -0.39 is 19.0 Å². The van der Waals surface area contributed by atoms with Crippen molar-refractivity contribution >= 4 is 7.60 Å². The summed E-state index contributed by atoms with van der Waals surface area (Å²) in [6.45, 7) is 1.83. The van der Waals surface area contributed by atoms with Crippen LogP contribution in [0.25, 0.3) is 0 Å². The van der Waals surface area contributed by atoms with E-state index in [1.165, 1.54) is 0 Å². The van der Waals surface area contributed by atoms with Gasteiger partial charge in [-0.25, -0.2) is 0 Å². The van der Waals surface area contributed by atoms with Crippen LogP contribution in [0.1, 0.15) is 19.8 Å². The summed E-state index contributed by atoms with van der Waals surface area (Å²) in [4.78, 5) is 17.4. The zero-order chi connectivity index (χ0) is 9.99. The number of hydrogen-bond acceptors (Lipinski definition) is 4. The van der Waals surface area contributed by atoms with Gasteiger partial charge in [-0.2, -0.15) is 0 Å². The molecule has 0 bridgehead atoms. The lowest BCUT2D eigenvalue weighted by Gasteiger charge is -2.31. The smallest absolute Gasteiger partial charge is 0.324 e. The van der Waals surface area contributed by atoms with Crippen LogP contribution in [0.4, 0.5) is 0 Å². The first-order valence-electron chi connectivity index (χ1n) is 3.62. The Bertz CT molecular complexity index is 190. The van der Waals surface area contributed by atoms with Crippen molar-refractivity contribution in [1.29, 1.82) is 0 Å². The zero-order valence-electron chi connectivity index (χ0n) is 6.97. The lowest BCUT2D eigenvalue weighted by molar-refractivity contribution is 0.300. The first-order valence-corrected chi connectivity index (χ1v) is 5.23. The lowest BCUT2D eigenvalue weighted by Crippen LogP contribution is -2.61. The molecule has 0 aliphatic carbocycles. The topological polar surface area (TPSA) is 136 Å². The van der Waals surface area contributed by atoms with Gasteiger partial charge in [0.15, 0.2) is 5.40 Å². The van der Waals surface area contributed by atoms with Crippen molar-refractivity contribution in [2.24, 2.45) is 17.2 Å². The quantitative estimate of drug-likeness (QED) is 0.285. The molecule has 0 spiro atoms. The minimum Gasteiger partial charge on any atom is -0.324 e. The van der Waals surface area contributed by atoms with Crippen molar-refractivity contribution in [2.45, 2.75) is 31.2 Å². The monoisotopic (exact) mass is 197 g/mol. The fourth-order valence-electron chi connectivity index (χ4n) is 0.758. The van der Waals surface area contributed by atoms with Crippen LogP contribution in [-0.2, 0) is 4.57 Å². The van der Waals surface area contributed by atoms with Gasteiger partial charge in [0.1, 0.15) is 0 Å². The highest BCUT2D eigenvalue weighted by atomic mass is 31.2. The first-order chi connectivity index (χ1) is 5.23. The molecule has 6 nitrogen and oxygen atoms in total. The van der Waals surface area contributed by atoms with E-state index in [-0.39, 0.29) is 0 Å². The summed E-state index contributed by atoms with van der Waals surface area (Å²) in [6.07, 6.45) is 1.06. The molecule has 7 heteroatoms. The van der Waals surface area contributed by atoms with Gasteiger partial charge in [0, 0.05) is 6.04 Å². The van der Waals surface area contributed by atoms with Gasteiger partial charge < -0.3 is 27.0 Å². The summed E-state index contributed by atoms with van der Waals surface area (Å²) in [5, 5.41) is -2.11. The van der Waals surface area contributed by atoms with Gasteiger partial charge in [0.2, 0.25) is 0 Å². The largest absolute Gasteiger partial charge is 0.361 e. The molecule has 0 aromatic rings. The highest BCUT2D eigenvalue weighted by molar-refractivity contribution is 7.53. The number of rotatable bonds is 4. The van der Waals surface area contributed by atoms with E-state index >= 15 is 0 Å². The molecule has 1 unspecified atom stereocenters. The maximum Gasteiger partial charge on any atom is 0.361 e. The van der Waals surface area contributed by atoms with Gasteiger partial charge in [0.25, 0.3) is 0 Å². The van der Waals surface area contributed by atoms with E-state index in [9.17, 15) is 4.57 Å². The number of hydrogen-bond donors (Lipinski definition) is 5. The van der Waals surface area contributed by atoms with Crippen LogP contribution >= 0.6 is 7.60 Å². The van der Waals surface area contributed by atoms with Crippen LogP contribution in [0.3, 0.4) is 0 Å². The normalized spacial score (nSPS) is 16.2. The SMILES string of the molecule is CCCC(N)C(N)(N)P(=O)(O)O. The Labute approximate surface area is 71.3 Å². The second-order valence-corrected chi connectivity index (χ2v) is 4.69. The van der Waals surface area contributed by atoms with Gasteiger partial charge >= 0.3 is 7.60 Å². The molecule has 74 valence electrons. The maximum atomic E-state index is 10.7. The molecular formula is C5H16N3O3P. The van der Waals surface area contributed by atoms with E-state index in [4.69, 9.17) is 27.0 Å². The Kier molecular flexibility index (Phi) is 3.84. The van der Waals surface area contributed by atoms with Gasteiger partial charge in [-0.3, -0.25) is 4.57 Å². The highest BCUT2D eigenvalue weighted by Gasteiger charge is 2.44. The van der Waals surface area contributed by atoms with E-state index in [0.717, 1.165) is 0 Å². The Morgan fingerprint density at radius 1 is 1.50 bits per heavy atom. The minimum atomic E-state index is -4.52. The Balaban J connectivity index is 4.50. The third-order valence-corrected chi connectivity index (χ3v) is 3.04. The summed E-state index contributed by atoms with van der Waals surface area (Å²) in [7, 11) is -4.52. The predicted octanol–water partition coefficient (Wildman–Crippen LogP) is -1.14. The van der Waals surface area contributed by atoms with Crippen LogP contribution in [0.5, 0.6) is 0 Å². The predicted molar refractivity (Wildman–Crippen MR) is 46.0 cm³/mol. The Morgan fingerprint density at radius 3 is 2.17 bits per heavy atom. The van der Waals surface area contributed by atoms with Gasteiger partial charge in [-0.05, 0) is 6.42 Å². The minimum absolute atomic E-state index is 0.387. The third-order valence-electron chi connectivity index (χ3n) is 1.70. The molecule has 0 aliphatic heterocycles. The summed E-state index contributed by atoms with van der Waals surface area (Å²) in [6, 6.07) is -0.886. The lowest BCUT2D eigenvalue weighted by atomic mass is 10.1. The second-order valence-electron chi connectivity index (χ2n) is 2.83. The molecule has 0 saturated carbocycles. The van der Waals surface area contributed by atoms with E-state index in [0.29, 0.717) is 12.8 Å². The van der Waals surface area contributed by atoms with E-state index in [1.54, 1.807) is 0 Å². The van der Waals surface area contributed by atoms with Crippen LogP contribution in [0.15, 0.2) is 0 Å². The van der Waals surface area contributed by atoms with Gasteiger partial charge in [0.05, 0.1) is 0 Å². The molecule has 0 aliphatic rings. The van der Waals surface area contributed by atoms with Crippen molar-refractivity contribution in [3.63, 3.8) is 0 Å². The standard InChI is InChI=1S/C5H16N3O3P/c1-2-3-4(6)5(7,8)12(9,10)11/h4H,2-3,6-8H2,1H3,(H2,9,10,11). The van der Waals surface area contributed by atoms with Crippen molar-refractivity contribution in [3.05, 3.63) is 0 Å². The molecule has 0 aromatic carbocycles. The van der Waals surface area contributed by atoms with Gasteiger partial charge in [-0.15, -0.1) is 0 Å². The highest BCUT2D eigenvalue weighted by Crippen LogP contribution is 2.45. The van der Waals surface area contributed by atoms with E-state index in [2.05, 4.69) is 0 Å². The van der Waals surface area contributed by atoms with E-state index in [1.807, 2.05) is 6.92 Å². The average molecular weight is 197 g/mol. The third kappa shape index (κ3) is 2.52. The molecule has 0 fully saturated rings. The molecule has 0 radical (unpaired) electrons. The van der Waals surface area contributed by atoms with Crippen LogP contribution in [0, 0.1) is 0 Å². The summed E-state index contributed by atoms with van der Waals surface area (Å²) in [5.74, 6) is 0. The molecule has 0 saturated heterocycles. The van der Waals surface area contributed by atoms with Crippen LogP contribution in [0.2, 0.25) is 0 Å². The summed E-state index contributed by atoms with van der Waals surface area (Å²) < 4.78 is 10.7. The molecule has 0 heterocycles. The van der Waals surface area contributed by atoms with Crippen molar-refractivity contribution in [2.75, 3.05) is 0 Å². The summed E-state index contributed by atoms with van der Waals surface area (Å²) in [5.41, 5.74) is 15.8. The molecular weight excluding hydrogens is 181 g/mol. The fraction of sp³-hybridized carbons (Fsp3) is 1.00. The molecule has 0 aromatic heterocycles. The Morgan fingerprint density at radius 2 is 1.92 bits per heavy atom.